The van der Waals surface area contributed by atoms with Gasteiger partial charge in [-0.25, -0.2) is 8.78 Å². The highest BCUT2D eigenvalue weighted by atomic mass is 32.2. The number of benzene rings is 4. The Morgan fingerprint density at radius 3 is 1.84 bits per heavy atom. The molecule has 0 heterocycles. The molecule has 0 bridgehead atoms. The molecule has 0 aliphatic heterocycles. The minimum Gasteiger partial charge on any atom is -0.200 e. The van der Waals surface area contributed by atoms with Crippen molar-refractivity contribution < 1.29 is 8.78 Å². The Hall–Kier alpha value is -3.17. The standard InChI is InChI=1S/C28H21F2S/c29-28(30)25-17-9-7-11-21(25)19-20-26(28)24-16-8-10-18-27(24)31(22-12-3-1-4-13-22)23-14-5-2-6-15-23/h1-20,26H/q+1. The topological polar surface area (TPSA) is 0 Å². The number of hydrogen-bond donors (Lipinski definition) is 0. The Balaban J connectivity index is 1.69. The van der Waals surface area contributed by atoms with Crippen LogP contribution >= 0.6 is 0 Å². The molecule has 1 unspecified atom stereocenters. The van der Waals surface area contributed by atoms with Gasteiger partial charge in [0.1, 0.15) is 0 Å². The van der Waals surface area contributed by atoms with E-state index in [-0.39, 0.29) is 5.56 Å². The molecule has 0 spiro atoms. The zero-order valence-electron chi connectivity index (χ0n) is 16.8. The van der Waals surface area contributed by atoms with Crippen LogP contribution in [0.3, 0.4) is 0 Å². The van der Waals surface area contributed by atoms with Gasteiger partial charge >= 0.3 is 0 Å². The van der Waals surface area contributed by atoms with Crippen LogP contribution in [0.15, 0.2) is 130 Å². The van der Waals surface area contributed by atoms with Crippen molar-refractivity contribution in [3.8, 4) is 0 Å². The lowest BCUT2D eigenvalue weighted by molar-refractivity contribution is -0.0217. The summed E-state index contributed by atoms with van der Waals surface area (Å²) in [7, 11) is -0.486. The van der Waals surface area contributed by atoms with E-state index < -0.39 is 22.7 Å². The summed E-state index contributed by atoms with van der Waals surface area (Å²) in [4.78, 5) is 3.17. The predicted molar refractivity (Wildman–Crippen MR) is 124 cm³/mol. The van der Waals surface area contributed by atoms with Crippen molar-refractivity contribution in [3.63, 3.8) is 0 Å². The summed E-state index contributed by atoms with van der Waals surface area (Å²) < 4.78 is 31.5. The fourth-order valence-electron chi connectivity index (χ4n) is 4.16. The molecule has 1 atom stereocenters. The highest BCUT2D eigenvalue weighted by molar-refractivity contribution is 7.97. The molecule has 0 N–H and O–H groups in total. The molecule has 0 amide bonds. The summed E-state index contributed by atoms with van der Waals surface area (Å²) in [5.41, 5.74) is 1.36. The van der Waals surface area contributed by atoms with Crippen LogP contribution in [0.1, 0.15) is 22.6 Å². The number of hydrogen-bond acceptors (Lipinski definition) is 0. The van der Waals surface area contributed by atoms with Crippen molar-refractivity contribution in [1.29, 1.82) is 0 Å². The lowest BCUT2D eigenvalue weighted by atomic mass is 9.82. The Bertz CT molecular complexity index is 1180. The van der Waals surface area contributed by atoms with Crippen LogP contribution in [0.5, 0.6) is 0 Å². The fraction of sp³-hybridized carbons (Fsp3) is 0.0714. The molecule has 4 aromatic rings. The van der Waals surface area contributed by atoms with E-state index in [0.29, 0.717) is 11.1 Å². The Morgan fingerprint density at radius 2 is 1.16 bits per heavy atom. The van der Waals surface area contributed by atoms with Gasteiger partial charge in [0.25, 0.3) is 5.92 Å². The average molecular weight is 428 g/mol. The highest BCUT2D eigenvalue weighted by Gasteiger charge is 2.47. The first-order valence-corrected chi connectivity index (χ1v) is 11.5. The average Bonchev–Trinajstić information content (AvgIpc) is 2.81. The van der Waals surface area contributed by atoms with Crippen LogP contribution in [-0.2, 0) is 16.8 Å². The van der Waals surface area contributed by atoms with Crippen molar-refractivity contribution in [2.45, 2.75) is 26.5 Å². The number of allylic oxidation sites excluding steroid dienone is 1. The second-order valence-corrected chi connectivity index (χ2v) is 9.51. The summed E-state index contributed by atoms with van der Waals surface area (Å²) in [5, 5.41) is 0. The van der Waals surface area contributed by atoms with Crippen LogP contribution in [0, 0.1) is 0 Å². The van der Waals surface area contributed by atoms with Crippen LogP contribution in [-0.4, -0.2) is 0 Å². The molecule has 4 aromatic carbocycles. The maximum Gasteiger partial charge on any atom is 0.284 e. The van der Waals surface area contributed by atoms with Crippen LogP contribution < -0.4 is 0 Å². The first-order valence-electron chi connectivity index (χ1n) is 10.2. The Labute approximate surface area is 184 Å². The van der Waals surface area contributed by atoms with E-state index in [2.05, 4.69) is 24.3 Å². The number of alkyl halides is 2. The zero-order valence-corrected chi connectivity index (χ0v) is 17.6. The van der Waals surface area contributed by atoms with Gasteiger partial charge in [0.15, 0.2) is 14.7 Å². The van der Waals surface area contributed by atoms with Gasteiger partial charge < -0.3 is 0 Å². The fourth-order valence-corrected chi connectivity index (χ4v) is 6.44. The minimum absolute atomic E-state index is 0.0941. The van der Waals surface area contributed by atoms with Gasteiger partial charge in [-0.1, -0.05) is 91.0 Å². The van der Waals surface area contributed by atoms with Crippen molar-refractivity contribution in [1.82, 2.24) is 0 Å². The van der Waals surface area contributed by atoms with E-state index in [4.69, 9.17) is 0 Å². The van der Waals surface area contributed by atoms with E-state index >= 15 is 8.78 Å². The normalized spacial score (nSPS) is 16.8. The lowest BCUT2D eigenvalue weighted by Crippen LogP contribution is -2.27. The Kier molecular flexibility index (Phi) is 5.21. The van der Waals surface area contributed by atoms with Crippen LogP contribution in [0.4, 0.5) is 8.78 Å². The summed E-state index contributed by atoms with van der Waals surface area (Å²) in [5.74, 6) is -4.00. The van der Waals surface area contributed by atoms with Gasteiger partial charge in [0.2, 0.25) is 0 Å². The van der Waals surface area contributed by atoms with Gasteiger partial charge in [-0.2, -0.15) is 0 Å². The second kappa shape index (κ2) is 8.16. The van der Waals surface area contributed by atoms with Crippen molar-refractivity contribution >= 4 is 17.0 Å². The van der Waals surface area contributed by atoms with Gasteiger partial charge in [-0.3, -0.25) is 0 Å². The Morgan fingerprint density at radius 1 is 0.613 bits per heavy atom. The third-order valence-corrected chi connectivity index (χ3v) is 7.91. The maximum absolute atomic E-state index is 15.7. The van der Waals surface area contributed by atoms with Crippen molar-refractivity contribution in [2.75, 3.05) is 0 Å². The first-order chi connectivity index (χ1) is 15.2. The quantitative estimate of drug-likeness (QED) is 0.293. The number of fused-ring (bicyclic) bond motifs is 1. The first kappa shape index (κ1) is 19.8. The van der Waals surface area contributed by atoms with E-state index in [1.807, 2.05) is 66.7 Å². The molecule has 0 saturated carbocycles. The molecular weight excluding hydrogens is 406 g/mol. The van der Waals surface area contributed by atoms with Gasteiger partial charge in [0.05, 0.1) is 16.8 Å². The highest BCUT2D eigenvalue weighted by Crippen LogP contribution is 2.50. The van der Waals surface area contributed by atoms with E-state index in [1.54, 1.807) is 30.3 Å². The smallest absolute Gasteiger partial charge is 0.200 e. The number of rotatable bonds is 4. The summed E-state index contributed by atoms with van der Waals surface area (Å²) in [6, 6.07) is 34.8. The maximum atomic E-state index is 15.7. The van der Waals surface area contributed by atoms with Crippen LogP contribution in [0.2, 0.25) is 0 Å². The number of halogens is 2. The van der Waals surface area contributed by atoms with E-state index in [0.717, 1.165) is 14.7 Å². The molecule has 3 heteroatoms. The van der Waals surface area contributed by atoms with Gasteiger partial charge in [-0.15, -0.1) is 0 Å². The summed E-state index contributed by atoms with van der Waals surface area (Å²) in [6.45, 7) is 0. The largest absolute Gasteiger partial charge is 0.284 e. The molecule has 0 fully saturated rings. The lowest BCUT2D eigenvalue weighted by Gasteiger charge is -2.30. The van der Waals surface area contributed by atoms with E-state index in [9.17, 15) is 0 Å². The third kappa shape index (κ3) is 3.60. The molecule has 0 nitrogen and oxygen atoms in total. The molecule has 5 rings (SSSR count). The molecule has 1 aliphatic carbocycles. The molecule has 0 radical (unpaired) electrons. The third-order valence-electron chi connectivity index (χ3n) is 5.61. The molecular formula is C28H21F2S+. The van der Waals surface area contributed by atoms with Crippen molar-refractivity contribution in [3.05, 3.63) is 132 Å². The molecule has 152 valence electrons. The van der Waals surface area contributed by atoms with Gasteiger partial charge in [-0.05, 0) is 35.9 Å². The van der Waals surface area contributed by atoms with Crippen LogP contribution in [0.25, 0.3) is 6.08 Å². The molecule has 31 heavy (non-hydrogen) atoms. The summed E-state index contributed by atoms with van der Waals surface area (Å²) >= 11 is 0. The second-order valence-electron chi connectivity index (χ2n) is 7.52. The summed E-state index contributed by atoms with van der Waals surface area (Å²) in [6.07, 6.45) is 3.50. The zero-order chi connectivity index (χ0) is 21.3. The SMILES string of the molecule is FC1(F)c2ccccc2C=CC1c1ccccc1[S+](c1ccccc1)c1ccccc1. The molecule has 0 aromatic heterocycles. The van der Waals surface area contributed by atoms with Crippen molar-refractivity contribution in [2.24, 2.45) is 0 Å². The molecule has 0 saturated heterocycles. The van der Waals surface area contributed by atoms with E-state index in [1.165, 1.54) is 0 Å². The molecule has 1 aliphatic rings. The van der Waals surface area contributed by atoms with Gasteiger partial charge in [0, 0.05) is 11.1 Å². The minimum atomic E-state index is -2.98. The predicted octanol–water partition coefficient (Wildman–Crippen LogP) is 7.68. The monoisotopic (exact) mass is 427 g/mol.